The molecular weight excluding hydrogens is 381 g/mol. The smallest absolute Gasteiger partial charge is 0.416 e. The third-order valence-electron chi connectivity index (χ3n) is 5.04. The molecule has 0 bridgehead atoms. The number of alkyl halides is 3. The average molecular weight is 406 g/mol. The van der Waals surface area contributed by atoms with Gasteiger partial charge in [0.15, 0.2) is 0 Å². The number of benzene rings is 2. The SMILES string of the molecule is CNC(=O)C1CN(Cc2ccc(OCCCc3cccc(C(F)(F)F)c3)cc2)C1. The Kier molecular flexibility index (Phi) is 6.79. The Labute approximate surface area is 168 Å². The van der Waals surface area contributed by atoms with Gasteiger partial charge >= 0.3 is 6.18 Å². The molecule has 1 saturated heterocycles. The fourth-order valence-electron chi connectivity index (χ4n) is 3.39. The van der Waals surface area contributed by atoms with Crippen LogP contribution in [0, 0.1) is 5.92 Å². The number of aryl methyl sites for hydroxylation is 1. The molecule has 2 aromatic rings. The van der Waals surface area contributed by atoms with E-state index < -0.39 is 11.7 Å². The van der Waals surface area contributed by atoms with Crippen LogP contribution in [-0.2, 0) is 23.9 Å². The zero-order valence-electron chi connectivity index (χ0n) is 16.3. The zero-order valence-corrected chi connectivity index (χ0v) is 16.3. The van der Waals surface area contributed by atoms with Crippen LogP contribution in [0.1, 0.15) is 23.1 Å². The molecule has 156 valence electrons. The summed E-state index contributed by atoms with van der Waals surface area (Å²) in [5.41, 5.74) is 1.19. The van der Waals surface area contributed by atoms with Crippen LogP contribution >= 0.6 is 0 Å². The van der Waals surface area contributed by atoms with Crippen LogP contribution in [0.5, 0.6) is 5.75 Å². The lowest BCUT2D eigenvalue weighted by atomic mass is 9.98. The molecule has 4 nitrogen and oxygen atoms in total. The van der Waals surface area contributed by atoms with Crippen LogP contribution in [-0.4, -0.2) is 37.6 Å². The Morgan fingerprint density at radius 1 is 1.14 bits per heavy atom. The molecular formula is C22H25F3N2O2. The number of hydrogen-bond donors (Lipinski definition) is 1. The fraction of sp³-hybridized carbons (Fsp3) is 0.409. The summed E-state index contributed by atoms with van der Waals surface area (Å²) in [6, 6.07) is 13.2. The number of carbonyl (C=O) groups is 1. The van der Waals surface area contributed by atoms with E-state index in [1.165, 1.54) is 12.1 Å². The van der Waals surface area contributed by atoms with Gasteiger partial charge in [-0.25, -0.2) is 0 Å². The first-order valence-electron chi connectivity index (χ1n) is 9.67. The molecule has 1 N–H and O–H groups in total. The Hall–Kier alpha value is -2.54. The summed E-state index contributed by atoms with van der Waals surface area (Å²) in [5, 5.41) is 2.67. The second-order valence-electron chi connectivity index (χ2n) is 7.30. The first-order valence-corrected chi connectivity index (χ1v) is 9.67. The first kappa shape index (κ1) is 21.2. The van der Waals surface area contributed by atoms with Gasteiger partial charge in [0.2, 0.25) is 5.91 Å². The van der Waals surface area contributed by atoms with Crippen molar-refractivity contribution in [1.82, 2.24) is 10.2 Å². The predicted molar refractivity (Wildman–Crippen MR) is 105 cm³/mol. The zero-order chi connectivity index (χ0) is 20.9. The van der Waals surface area contributed by atoms with Gasteiger partial charge in [-0.05, 0) is 42.2 Å². The van der Waals surface area contributed by atoms with Crippen molar-refractivity contribution in [2.75, 3.05) is 26.7 Å². The third kappa shape index (κ3) is 5.97. The van der Waals surface area contributed by atoms with Crippen LogP contribution in [0.25, 0.3) is 0 Å². The Morgan fingerprint density at radius 2 is 1.86 bits per heavy atom. The number of rotatable bonds is 8. The van der Waals surface area contributed by atoms with Crippen molar-refractivity contribution in [2.24, 2.45) is 5.92 Å². The van der Waals surface area contributed by atoms with E-state index in [-0.39, 0.29) is 11.8 Å². The molecule has 1 fully saturated rings. The first-order chi connectivity index (χ1) is 13.8. The van der Waals surface area contributed by atoms with Crippen molar-refractivity contribution >= 4 is 5.91 Å². The highest BCUT2D eigenvalue weighted by molar-refractivity contribution is 5.79. The number of likely N-dealkylation sites (tertiary alicyclic amines) is 1. The van der Waals surface area contributed by atoms with Crippen molar-refractivity contribution in [3.05, 3.63) is 65.2 Å². The molecule has 0 aromatic heterocycles. The second-order valence-corrected chi connectivity index (χ2v) is 7.30. The van der Waals surface area contributed by atoms with Gasteiger partial charge in [-0.1, -0.05) is 30.3 Å². The molecule has 1 amide bonds. The van der Waals surface area contributed by atoms with Crippen molar-refractivity contribution in [2.45, 2.75) is 25.6 Å². The Balaban J connectivity index is 1.38. The number of carbonyl (C=O) groups excluding carboxylic acids is 1. The highest BCUT2D eigenvalue weighted by Gasteiger charge is 2.31. The molecule has 29 heavy (non-hydrogen) atoms. The molecule has 1 aliphatic heterocycles. The summed E-state index contributed by atoms with van der Waals surface area (Å²) in [5.74, 6) is 0.916. The summed E-state index contributed by atoms with van der Waals surface area (Å²) < 4.78 is 43.9. The molecule has 0 radical (unpaired) electrons. The Morgan fingerprint density at radius 3 is 2.52 bits per heavy atom. The normalized spacial score (nSPS) is 15.0. The van der Waals surface area contributed by atoms with E-state index in [1.54, 1.807) is 13.1 Å². The van der Waals surface area contributed by atoms with E-state index >= 15 is 0 Å². The maximum atomic E-state index is 12.7. The van der Waals surface area contributed by atoms with Gasteiger partial charge in [0.25, 0.3) is 0 Å². The highest BCUT2D eigenvalue weighted by Crippen LogP contribution is 2.29. The van der Waals surface area contributed by atoms with Crippen molar-refractivity contribution < 1.29 is 22.7 Å². The second kappa shape index (κ2) is 9.31. The van der Waals surface area contributed by atoms with E-state index in [2.05, 4.69) is 10.2 Å². The maximum absolute atomic E-state index is 12.7. The standard InChI is InChI=1S/C22H25F3N2O2/c1-26-21(28)18-14-27(15-18)13-17-7-9-20(10-8-17)29-11-3-5-16-4-2-6-19(12-16)22(23,24)25/h2,4,6-10,12,18H,3,5,11,13-15H2,1H3,(H,26,28). The van der Waals surface area contributed by atoms with E-state index in [0.717, 1.165) is 37.0 Å². The summed E-state index contributed by atoms with van der Waals surface area (Å²) in [4.78, 5) is 13.7. The largest absolute Gasteiger partial charge is 0.494 e. The van der Waals surface area contributed by atoms with Gasteiger partial charge in [0.1, 0.15) is 5.75 Å². The Bertz CT molecular complexity index is 816. The number of nitrogens with zero attached hydrogens (tertiary/aromatic N) is 1. The molecule has 0 atom stereocenters. The lowest BCUT2D eigenvalue weighted by Gasteiger charge is -2.38. The lowest BCUT2D eigenvalue weighted by molar-refractivity contribution is -0.137. The lowest BCUT2D eigenvalue weighted by Crippen LogP contribution is -2.52. The summed E-state index contributed by atoms with van der Waals surface area (Å²) >= 11 is 0. The van der Waals surface area contributed by atoms with E-state index in [4.69, 9.17) is 4.74 Å². The van der Waals surface area contributed by atoms with Gasteiger partial charge in [-0.2, -0.15) is 13.2 Å². The molecule has 0 spiro atoms. The summed E-state index contributed by atoms with van der Waals surface area (Å²) in [7, 11) is 1.66. The number of halogens is 3. The third-order valence-corrected chi connectivity index (χ3v) is 5.04. The van der Waals surface area contributed by atoms with E-state index in [1.807, 2.05) is 24.3 Å². The van der Waals surface area contributed by atoms with Crippen LogP contribution < -0.4 is 10.1 Å². The van der Waals surface area contributed by atoms with Crippen molar-refractivity contribution in [3.63, 3.8) is 0 Å². The fourth-order valence-corrected chi connectivity index (χ4v) is 3.39. The molecule has 1 heterocycles. The highest BCUT2D eigenvalue weighted by atomic mass is 19.4. The van der Waals surface area contributed by atoms with Crippen LogP contribution in [0.4, 0.5) is 13.2 Å². The number of nitrogens with one attached hydrogen (secondary N) is 1. The van der Waals surface area contributed by atoms with Crippen LogP contribution in [0.2, 0.25) is 0 Å². The molecule has 2 aromatic carbocycles. The summed E-state index contributed by atoms with van der Waals surface area (Å²) in [6.45, 7) is 2.78. The van der Waals surface area contributed by atoms with Crippen LogP contribution in [0.3, 0.4) is 0 Å². The molecule has 0 unspecified atom stereocenters. The minimum atomic E-state index is -4.31. The minimum absolute atomic E-state index is 0.0828. The molecule has 3 rings (SSSR count). The maximum Gasteiger partial charge on any atom is 0.416 e. The van der Waals surface area contributed by atoms with E-state index in [9.17, 15) is 18.0 Å². The predicted octanol–water partition coefficient (Wildman–Crippen LogP) is 3.89. The molecule has 0 saturated carbocycles. The van der Waals surface area contributed by atoms with Crippen molar-refractivity contribution in [1.29, 1.82) is 0 Å². The molecule has 1 aliphatic rings. The average Bonchev–Trinajstić information content (AvgIpc) is 2.68. The number of hydrogen-bond acceptors (Lipinski definition) is 3. The van der Waals surface area contributed by atoms with E-state index in [0.29, 0.717) is 25.0 Å². The van der Waals surface area contributed by atoms with Gasteiger partial charge < -0.3 is 10.1 Å². The molecule has 7 heteroatoms. The monoisotopic (exact) mass is 406 g/mol. The van der Waals surface area contributed by atoms with Gasteiger partial charge in [0.05, 0.1) is 18.1 Å². The van der Waals surface area contributed by atoms with Gasteiger partial charge in [-0.15, -0.1) is 0 Å². The number of amides is 1. The van der Waals surface area contributed by atoms with Gasteiger partial charge in [0, 0.05) is 26.7 Å². The quantitative estimate of drug-likeness (QED) is 0.677. The molecule has 0 aliphatic carbocycles. The summed E-state index contributed by atoms with van der Waals surface area (Å²) in [6.07, 6.45) is -3.14. The minimum Gasteiger partial charge on any atom is -0.494 e. The number of ether oxygens (including phenoxy) is 1. The topological polar surface area (TPSA) is 41.6 Å². The van der Waals surface area contributed by atoms with Crippen molar-refractivity contribution in [3.8, 4) is 5.75 Å². The van der Waals surface area contributed by atoms with Gasteiger partial charge in [-0.3, -0.25) is 9.69 Å². The van der Waals surface area contributed by atoms with Crippen LogP contribution in [0.15, 0.2) is 48.5 Å².